The van der Waals surface area contributed by atoms with Crippen LogP contribution in [0.2, 0.25) is 5.02 Å². The Morgan fingerprint density at radius 1 is 1.24 bits per heavy atom. The molecule has 0 aromatic heterocycles. The van der Waals surface area contributed by atoms with E-state index in [1.165, 1.54) is 30.2 Å². The van der Waals surface area contributed by atoms with Crippen molar-refractivity contribution in [1.82, 2.24) is 4.90 Å². The van der Waals surface area contributed by atoms with E-state index in [0.717, 1.165) is 12.1 Å². The van der Waals surface area contributed by atoms with Crippen LogP contribution < -0.4 is 4.74 Å². The number of halogens is 2. The molecule has 0 aliphatic rings. The third-order valence-electron chi connectivity index (χ3n) is 4.03. The summed E-state index contributed by atoms with van der Waals surface area (Å²) >= 11 is 5.88. The minimum absolute atomic E-state index is 0.0332. The minimum Gasteiger partial charge on any atom is -0.494 e. The first-order chi connectivity index (χ1) is 13.8. The summed E-state index contributed by atoms with van der Waals surface area (Å²) < 4.78 is 23.6. The average Bonchev–Trinajstić information content (AvgIpc) is 2.70. The highest BCUT2D eigenvalue weighted by Gasteiger charge is 2.20. The Bertz CT molecular complexity index is 937. The number of benzene rings is 2. The summed E-state index contributed by atoms with van der Waals surface area (Å²) in [6, 6.07) is 7.66. The van der Waals surface area contributed by atoms with Gasteiger partial charge in [-0.3, -0.25) is 14.9 Å². The Balaban J connectivity index is 2.03. The van der Waals surface area contributed by atoms with E-state index in [2.05, 4.69) is 0 Å². The molecule has 0 saturated carbocycles. The van der Waals surface area contributed by atoms with Crippen molar-refractivity contribution in [2.45, 2.75) is 13.5 Å². The van der Waals surface area contributed by atoms with Gasteiger partial charge in [0, 0.05) is 25.2 Å². The predicted molar refractivity (Wildman–Crippen MR) is 102 cm³/mol. The van der Waals surface area contributed by atoms with Gasteiger partial charge in [0.25, 0.3) is 11.6 Å². The fourth-order valence-electron chi connectivity index (χ4n) is 2.48. The monoisotopic (exact) mass is 424 g/mol. The normalized spacial score (nSPS) is 10.3. The highest BCUT2D eigenvalue weighted by molar-refractivity contribution is 6.33. The van der Waals surface area contributed by atoms with Crippen molar-refractivity contribution >= 4 is 29.2 Å². The van der Waals surface area contributed by atoms with Gasteiger partial charge in [0.15, 0.2) is 18.2 Å². The maximum absolute atomic E-state index is 13.8. The number of nitrogens with zero attached hydrogens (tertiary/aromatic N) is 2. The number of methoxy groups -OCH3 is 1. The molecular formula is C19H18ClFN2O6. The van der Waals surface area contributed by atoms with Crippen LogP contribution in [0, 0.1) is 15.9 Å². The lowest BCUT2D eigenvalue weighted by Crippen LogP contribution is -2.34. The van der Waals surface area contributed by atoms with Crippen LogP contribution in [0.1, 0.15) is 22.8 Å². The molecule has 0 fully saturated rings. The van der Waals surface area contributed by atoms with Crippen LogP contribution in [-0.2, 0) is 16.1 Å². The number of carbonyl (C=O) groups is 2. The van der Waals surface area contributed by atoms with Gasteiger partial charge in [0.1, 0.15) is 0 Å². The van der Waals surface area contributed by atoms with Crippen LogP contribution >= 0.6 is 11.6 Å². The van der Waals surface area contributed by atoms with Crippen molar-refractivity contribution in [3.63, 3.8) is 0 Å². The molecule has 0 unspecified atom stereocenters. The zero-order valence-corrected chi connectivity index (χ0v) is 16.4. The van der Waals surface area contributed by atoms with E-state index in [4.69, 9.17) is 21.1 Å². The predicted octanol–water partition coefficient (Wildman–Crippen LogP) is 3.60. The van der Waals surface area contributed by atoms with Gasteiger partial charge in [-0.2, -0.15) is 0 Å². The summed E-state index contributed by atoms with van der Waals surface area (Å²) in [6.07, 6.45) is 0. The van der Waals surface area contributed by atoms with E-state index < -0.39 is 29.2 Å². The van der Waals surface area contributed by atoms with Crippen molar-refractivity contribution < 1.29 is 28.4 Å². The van der Waals surface area contributed by atoms with Crippen molar-refractivity contribution in [3.8, 4) is 5.75 Å². The Labute approximate surface area is 170 Å². The van der Waals surface area contributed by atoms with E-state index in [1.807, 2.05) is 0 Å². The first kappa shape index (κ1) is 22.1. The lowest BCUT2D eigenvalue weighted by Gasteiger charge is -2.21. The highest BCUT2D eigenvalue weighted by Crippen LogP contribution is 2.23. The van der Waals surface area contributed by atoms with Crippen LogP contribution in [0.3, 0.4) is 0 Å². The first-order valence-corrected chi connectivity index (χ1v) is 8.85. The largest absolute Gasteiger partial charge is 0.494 e. The topological polar surface area (TPSA) is 99.0 Å². The molecule has 0 heterocycles. The SMILES string of the molecule is CCN(Cc1ccc(OC)c(F)c1)C(=O)COC(=O)c1cc([N+](=O)[O-])ccc1Cl. The number of rotatable bonds is 8. The Morgan fingerprint density at radius 2 is 1.97 bits per heavy atom. The fourth-order valence-corrected chi connectivity index (χ4v) is 2.68. The zero-order chi connectivity index (χ0) is 21.6. The lowest BCUT2D eigenvalue weighted by molar-refractivity contribution is -0.384. The second-order valence-electron chi connectivity index (χ2n) is 5.87. The molecule has 10 heteroatoms. The second-order valence-corrected chi connectivity index (χ2v) is 6.28. The maximum atomic E-state index is 13.8. The van der Waals surface area contributed by atoms with E-state index >= 15 is 0 Å². The molecule has 0 bridgehead atoms. The maximum Gasteiger partial charge on any atom is 0.340 e. The molecule has 0 aliphatic carbocycles. The number of amides is 1. The number of hydrogen-bond acceptors (Lipinski definition) is 6. The smallest absolute Gasteiger partial charge is 0.340 e. The number of nitro groups is 1. The van der Waals surface area contributed by atoms with Gasteiger partial charge in [-0.1, -0.05) is 17.7 Å². The van der Waals surface area contributed by atoms with Gasteiger partial charge in [-0.25, -0.2) is 9.18 Å². The Kier molecular flexibility index (Phi) is 7.49. The van der Waals surface area contributed by atoms with Gasteiger partial charge in [0.2, 0.25) is 0 Å². The Morgan fingerprint density at radius 3 is 2.55 bits per heavy atom. The quantitative estimate of drug-likeness (QED) is 0.364. The molecule has 2 aromatic carbocycles. The summed E-state index contributed by atoms with van der Waals surface area (Å²) in [5.41, 5.74) is -0.00936. The van der Waals surface area contributed by atoms with Crippen molar-refractivity contribution in [1.29, 1.82) is 0 Å². The van der Waals surface area contributed by atoms with E-state index in [1.54, 1.807) is 13.0 Å². The number of carbonyl (C=O) groups excluding carboxylic acids is 2. The Hall–Kier alpha value is -3.20. The summed E-state index contributed by atoms with van der Waals surface area (Å²) in [5, 5.41) is 10.8. The minimum atomic E-state index is -0.960. The molecule has 29 heavy (non-hydrogen) atoms. The fraction of sp³-hybridized carbons (Fsp3) is 0.263. The van der Waals surface area contributed by atoms with Crippen LogP contribution in [-0.4, -0.2) is 42.0 Å². The first-order valence-electron chi connectivity index (χ1n) is 8.48. The number of esters is 1. The third kappa shape index (κ3) is 5.64. The van der Waals surface area contributed by atoms with Crippen LogP contribution in [0.25, 0.3) is 0 Å². The number of non-ortho nitro benzene ring substituents is 1. The summed E-state index contributed by atoms with van der Waals surface area (Å²) in [6.45, 7) is 1.52. The van der Waals surface area contributed by atoms with E-state index in [9.17, 15) is 24.1 Å². The average molecular weight is 425 g/mol. The number of hydrogen-bond donors (Lipinski definition) is 0. The molecule has 2 rings (SSSR count). The third-order valence-corrected chi connectivity index (χ3v) is 4.36. The molecule has 0 radical (unpaired) electrons. The van der Waals surface area contributed by atoms with Gasteiger partial charge in [0.05, 0.1) is 22.6 Å². The molecule has 154 valence electrons. The summed E-state index contributed by atoms with van der Waals surface area (Å²) in [5.74, 6) is -1.94. The summed E-state index contributed by atoms with van der Waals surface area (Å²) in [4.78, 5) is 36.1. The molecule has 0 aliphatic heterocycles. The number of ether oxygens (including phenoxy) is 2. The zero-order valence-electron chi connectivity index (χ0n) is 15.7. The van der Waals surface area contributed by atoms with Gasteiger partial charge >= 0.3 is 5.97 Å². The molecule has 0 saturated heterocycles. The molecular weight excluding hydrogens is 407 g/mol. The van der Waals surface area contributed by atoms with E-state index in [0.29, 0.717) is 12.1 Å². The van der Waals surface area contributed by atoms with Crippen molar-refractivity contribution in [3.05, 3.63) is 68.5 Å². The van der Waals surface area contributed by atoms with E-state index in [-0.39, 0.29) is 28.6 Å². The number of nitro benzene ring substituents is 1. The highest BCUT2D eigenvalue weighted by atomic mass is 35.5. The standard InChI is InChI=1S/C19H18ClFN2O6/c1-3-22(10-12-4-7-17(28-2)16(21)8-12)18(24)11-29-19(25)14-9-13(23(26)27)5-6-15(14)20/h4-9H,3,10-11H2,1-2H3. The van der Waals surface area contributed by atoms with Gasteiger partial charge in [-0.05, 0) is 30.7 Å². The van der Waals surface area contributed by atoms with Crippen LogP contribution in [0.4, 0.5) is 10.1 Å². The molecule has 0 spiro atoms. The molecule has 1 amide bonds. The number of likely N-dealkylation sites (N-methyl/N-ethyl adjacent to an activating group) is 1. The van der Waals surface area contributed by atoms with Gasteiger partial charge in [-0.15, -0.1) is 0 Å². The van der Waals surface area contributed by atoms with Crippen molar-refractivity contribution in [2.75, 3.05) is 20.3 Å². The second kappa shape index (κ2) is 9.83. The summed E-state index contributed by atoms with van der Waals surface area (Å²) in [7, 11) is 1.35. The van der Waals surface area contributed by atoms with Crippen LogP contribution in [0.5, 0.6) is 5.75 Å². The van der Waals surface area contributed by atoms with Crippen LogP contribution in [0.15, 0.2) is 36.4 Å². The van der Waals surface area contributed by atoms with Crippen molar-refractivity contribution in [2.24, 2.45) is 0 Å². The molecule has 8 nitrogen and oxygen atoms in total. The molecule has 0 atom stereocenters. The molecule has 0 N–H and O–H groups in total. The van der Waals surface area contributed by atoms with Gasteiger partial charge < -0.3 is 14.4 Å². The molecule has 2 aromatic rings. The lowest BCUT2D eigenvalue weighted by atomic mass is 10.2.